The van der Waals surface area contributed by atoms with E-state index in [1.54, 1.807) is 0 Å². The Bertz CT molecular complexity index is 1330. The van der Waals surface area contributed by atoms with Crippen molar-refractivity contribution in [3.63, 3.8) is 0 Å². The van der Waals surface area contributed by atoms with Gasteiger partial charge in [0.15, 0.2) is 0 Å². The van der Waals surface area contributed by atoms with Crippen molar-refractivity contribution in [2.75, 3.05) is 0 Å². The van der Waals surface area contributed by atoms with E-state index in [4.69, 9.17) is 0 Å². The van der Waals surface area contributed by atoms with Gasteiger partial charge in [0.05, 0.1) is 0 Å². The van der Waals surface area contributed by atoms with Crippen LogP contribution in [0.3, 0.4) is 0 Å². The van der Waals surface area contributed by atoms with Crippen LogP contribution in [0.5, 0.6) is 0 Å². The van der Waals surface area contributed by atoms with Crippen LogP contribution in [0, 0.1) is 0 Å². The maximum atomic E-state index is 2.44. The van der Waals surface area contributed by atoms with Gasteiger partial charge >= 0.3 is 0 Å². The van der Waals surface area contributed by atoms with Crippen LogP contribution in [0.4, 0.5) is 0 Å². The normalized spacial score (nSPS) is 26.1. The summed E-state index contributed by atoms with van der Waals surface area (Å²) < 4.78 is 0. The lowest BCUT2D eigenvalue weighted by Gasteiger charge is -2.32. The van der Waals surface area contributed by atoms with Crippen LogP contribution in [0.2, 0.25) is 0 Å². The van der Waals surface area contributed by atoms with E-state index < -0.39 is 0 Å². The molecule has 7 rings (SSSR count). The van der Waals surface area contributed by atoms with E-state index in [1.807, 2.05) is 0 Å². The van der Waals surface area contributed by atoms with Gasteiger partial charge in [0.2, 0.25) is 0 Å². The molecule has 0 saturated heterocycles. The van der Waals surface area contributed by atoms with Gasteiger partial charge in [-0.3, -0.25) is 0 Å². The molecule has 0 unspecified atom stereocenters. The molecule has 3 aliphatic carbocycles. The Kier molecular flexibility index (Phi) is 3.19. The number of benzene rings is 4. The molecule has 1 spiro atoms. The summed E-state index contributed by atoms with van der Waals surface area (Å²) in [6.07, 6.45) is 3.57. The average molecular weight is 383 g/mol. The highest BCUT2D eigenvalue weighted by molar-refractivity contribution is 5.94. The van der Waals surface area contributed by atoms with Gasteiger partial charge in [0, 0.05) is 17.3 Å². The molecule has 4 aromatic carbocycles. The van der Waals surface area contributed by atoms with Gasteiger partial charge in [-0.1, -0.05) is 109 Å². The Labute approximate surface area is 177 Å². The zero-order valence-electron chi connectivity index (χ0n) is 16.8. The molecule has 0 aromatic heterocycles. The van der Waals surface area contributed by atoms with E-state index in [1.165, 1.54) is 44.5 Å². The average Bonchev–Trinajstić information content (AvgIpc) is 3.37. The SMILES string of the molecule is C(=C1\c2ccccc2[C@@]23Cc4ccccc4[C@@H]2c2ccccc2[C@@H]13)/c1ccccc1. The Morgan fingerprint density at radius 2 is 1.23 bits per heavy atom. The summed E-state index contributed by atoms with van der Waals surface area (Å²) in [5, 5.41) is 0. The predicted octanol–water partition coefficient (Wildman–Crippen LogP) is 6.96. The molecule has 4 aromatic rings. The highest BCUT2D eigenvalue weighted by atomic mass is 14.6. The van der Waals surface area contributed by atoms with Crippen molar-refractivity contribution in [2.24, 2.45) is 0 Å². The van der Waals surface area contributed by atoms with Crippen molar-refractivity contribution in [1.82, 2.24) is 0 Å². The summed E-state index contributed by atoms with van der Waals surface area (Å²) in [6.45, 7) is 0. The lowest BCUT2D eigenvalue weighted by molar-refractivity contribution is 0.423. The van der Waals surface area contributed by atoms with Gasteiger partial charge in [-0.05, 0) is 50.9 Å². The van der Waals surface area contributed by atoms with E-state index in [0.717, 1.165) is 6.42 Å². The summed E-state index contributed by atoms with van der Waals surface area (Å²) in [6, 6.07) is 38.4. The molecule has 142 valence electrons. The molecule has 0 aliphatic heterocycles. The molecule has 0 bridgehead atoms. The highest BCUT2D eigenvalue weighted by Gasteiger charge is 2.62. The standard InChI is InChI=1S/C30H22/c1-2-10-20(11-3-1)18-26-23-14-8-9-17-27(23)30-19-21-12-4-5-13-22(21)28(30)24-15-6-7-16-25(24)29(26)30/h1-18,28-29H,19H2/b26-18-/t28-,29+,30+/m1/s1. The maximum absolute atomic E-state index is 2.44. The summed E-state index contributed by atoms with van der Waals surface area (Å²) in [4.78, 5) is 0. The molecule has 0 amide bonds. The number of allylic oxidation sites excluding steroid dienone is 1. The van der Waals surface area contributed by atoms with Crippen molar-refractivity contribution >= 4 is 11.6 Å². The second kappa shape index (κ2) is 5.83. The lowest BCUT2D eigenvalue weighted by atomic mass is 9.69. The van der Waals surface area contributed by atoms with Gasteiger partial charge in [0.25, 0.3) is 0 Å². The zero-order valence-corrected chi connectivity index (χ0v) is 16.8. The first kappa shape index (κ1) is 16.4. The molecule has 0 saturated carbocycles. The summed E-state index contributed by atoms with van der Waals surface area (Å²) in [5.74, 6) is 0.849. The van der Waals surface area contributed by atoms with Gasteiger partial charge in [-0.15, -0.1) is 0 Å². The van der Waals surface area contributed by atoms with Gasteiger partial charge < -0.3 is 0 Å². The molecule has 0 N–H and O–H groups in total. The Morgan fingerprint density at radius 3 is 2.07 bits per heavy atom. The Hall–Kier alpha value is -3.38. The minimum Gasteiger partial charge on any atom is -0.0622 e. The van der Waals surface area contributed by atoms with Crippen molar-refractivity contribution in [3.05, 3.63) is 142 Å². The number of hydrogen-bond acceptors (Lipinski definition) is 0. The Balaban J connectivity index is 1.57. The minimum absolute atomic E-state index is 0.102. The molecule has 3 atom stereocenters. The molecule has 0 heterocycles. The fourth-order valence-electron chi connectivity index (χ4n) is 6.74. The molecule has 30 heavy (non-hydrogen) atoms. The van der Waals surface area contributed by atoms with Crippen molar-refractivity contribution in [1.29, 1.82) is 0 Å². The third-order valence-electron chi connectivity index (χ3n) is 7.67. The van der Waals surface area contributed by atoms with Crippen LogP contribution in [-0.4, -0.2) is 0 Å². The quantitative estimate of drug-likeness (QED) is 0.334. The van der Waals surface area contributed by atoms with Crippen molar-refractivity contribution < 1.29 is 0 Å². The highest BCUT2D eigenvalue weighted by Crippen LogP contribution is 2.71. The number of fused-ring (bicyclic) bond motifs is 6. The first-order chi connectivity index (χ1) is 14.9. The van der Waals surface area contributed by atoms with Crippen LogP contribution >= 0.6 is 0 Å². The second-order valence-electron chi connectivity index (χ2n) is 8.97. The molecule has 0 radical (unpaired) electrons. The Morgan fingerprint density at radius 1 is 0.600 bits per heavy atom. The summed E-state index contributed by atoms with van der Waals surface area (Å²) >= 11 is 0. The molecule has 0 heteroatoms. The molecule has 3 aliphatic rings. The van der Waals surface area contributed by atoms with E-state index in [9.17, 15) is 0 Å². The van der Waals surface area contributed by atoms with E-state index in [2.05, 4.69) is 109 Å². The van der Waals surface area contributed by atoms with Crippen molar-refractivity contribution in [2.45, 2.75) is 23.7 Å². The number of rotatable bonds is 1. The molecular formula is C30H22. The topological polar surface area (TPSA) is 0 Å². The third kappa shape index (κ3) is 1.92. The zero-order chi connectivity index (χ0) is 19.7. The van der Waals surface area contributed by atoms with Crippen molar-refractivity contribution in [3.8, 4) is 0 Å². The summed E-state index contributed by atoms with van der Waals surface area (Å²) in [5.41, 5.74) is 12.0. The van der Waals surface area contributed by atoms with Crippen LogP contribution < -0.4 is 0 Å². The predicted molar refractivity (Wildman–Crippen MR) is 124 cm³/mol. The largest absolute Gasteiger partial charge is 0.0622 e. The lowest BCUT2D eigenvalue weighted by Crippen LogP contribution is -2.29. The first-order valence-electron chi connectivity index (χ1n) is 10.9. The van der Waals surface area contributed by atoms with Gasteiger partial charge in [-0.2, -0.15) is 0 Å². The fraction of sp³-hybridized carbons (Fsp3) is 0.133. The monoisotopic (exact) mass is 382 g/mol. The van der Waals surface area contributed by atoms with Gasteiger partial charge in [-0.25, -0.2) is 0 Å². The van der Waals surface area contributed by atoms with Crippen LogP contribution in [0.1, 0.15) is 50.8 Å². The van der Waals surface area contributed by atoms with Gasteiger partial charge in [0.1, 0.15) is 0 Å². The van der Waals surface area contributed by atoms with Crippen LogP contribution in [0.15, 0.2) is 103 Å². The fourth-order valence-corrected chi connectivity index (χ4v) is 6.74. The first-order valence-corrected chi connectivity index (χ1v) is 10.9. The smallest absolute Gasteiger partial charge is 0.0218 e. The minimum atomic E-state index is 0.102. The molecule has 0 fully saturated rings. The second-order valence-corrected chi connectivity index (χ2v) is 8.97. The van der Waals surface area contributed by atoms with E-state index in [-0.39, 0.29) is 5.41 Å². The van der Waals surface area contributed by atoms with E-state index in [0.29, 0.717) is 11.8 Å². The van der Waals surface area contributed by atoms with E-state index >= 15 is 0 Å². The maximum Gasteiger partial charge on any atom is 0.0218 e. The van der Waals surface area contributed by atoms with Crippen LogP contribution in [0.25, 0.3) is 11.6 Å². The summed E-state index contributed by atoms with van der Waals surface area (Å²) in [7, 11) is 0. The molecular weight excluding hydrogens is 360 g/mol. The molecule has 0 nitrogen and oxygen atoms in total. The van der Waals surface area contributed by atoms with Crippen LogP contribution in [-0.2, 0) is 11.8 Å². The number of hydrogen-bond donors (Lipinski definition) is 0. The third-order valence-corrected chi connectivity index (χ3v) is 7.67.